The van der Waals surface area contributed by atoms with E-state index in [2.05, 4.69) is 97.9 Å². The number of alkyl halides is 6. The number of pyridine rings is 4. The fourth-order valence-corrected chi connectivity index (χ4v) is 4.68. The third kappa shape index (κ3) is 19.0. The molecule has 0 aliphatic heterocycles. The molecule has 22 heteroatoms. The van der Waals surface area contributed by atoms with Crippen molar-refractivity contribution in [3.05, 3.63) is 155 Å². The van der Waals surface area contributed by atoms with Crippen molar-refractivity contribution in [3.63, 3.8) is 0 Å². The van der Waals surface area contributed by atoms with Crippen LogP contribution in [0.5, 0.6) is 0 Å². The molecule has 0 atom stereocenters. The first kappa shape index (κ1) is 55.1. The molecule has 64 heavy (non-hydrogen) atoms. The summed E-state index contributed by atoms with van der Waals surface area (Å²) < 4.78 is 185. The second-order valence-corrected chi connectivity index (χ2v) is 17.2. The fraction of sp³-hybridized carbons (Fsp3) is 0.238. The van der Waals surface area contributed by atoms with Crippen LogP contribution in [0.15, 0.2) is 97.6 Å². The Kier molecular flexibility index (Phi) is 16.9. The third-order valence-electron chi connectivity index (χ3n) is 7.93. The van der Waals surface area contributed by atoms with Crippen molar-refractivity contribution in [1.29, 1.82) is 0 Å². The van der Waals surface area contributed by atoms with Gasteiger partial charge >= 0.3 is 65.4 Å². The maximum atomic E-state index is 13.3. The molecule has 0 spiro atoms. The van der Waals surface area contributed by atoms with E-state index in [1.807, 2.05) is 12.4 Å². The van der Waals surface area contributed by atoms with Crippen LogP contribution in [0.1, 0.15) is 63.8 Å². The predicted octanol–water partition coefficient (Wildman–Crippen LogP) is 15.8. The van der Waals surface area contributed by atoms with Gasteiger partial charge in [-0.2, -0.15) is 26.3 Å². The molecule has 0 bridgehead atoms. The van der Waals surface area contributed by atoms with Crippen molar-refractivity contribution in [3.8, 4) is 33.9 Å². The van der Waals surface area contributed by atoms with E-state index in [9.17, 15) is 69.1 Å². The maximum Gasteiger partial charge on any atom is 3.00 e. The monoisotopic (exact) mass is 1120 g/mol. The van der Waals surface area contributed by atoms with E-state index in [1.165, 1.54) is 11.1 Å². The fourth-order valence-electron chi connectivity index (χ4n) is 4.68. The first-order valence-electron chi connectivity index (χ1n) is 17.7. The van der Waals surface area contributed by atoms with Gasteiger partial charge in [-0.15, -0.1) is 24.3 Å². The van der Waals surface area contributed by atoms with Crippen molar-refractivity contribution in [2.24, 2.45) is 0 Å². The standard InChI is InChI=1S/C18H24N2.2C12H5F5N.F6P.Ir/c1-17(2,3)13-7-9-15(19-11-13)16-10-8-14(12-20-16)18(4,5)6;2*13-8-2-3-9(10(14)5-8)11-4-1-7(6-18-11)12(15,16)17;1-7(2,3,4,5)6;/h7-12H,1-6H3;2*1-2,4-6H;;/q;3*-1;+3. The van der Waals surface area contributed by atoms with Crippen LogP contribution in [-0.4, -0.2) is 19.9 Å². The molecule has 4 aromatic heterocycles. The first-order valence-corrected chi connectivity index (χ1v) is 19.7. The molecule has 0 aliphatic carbocycles. The number of hydrogen-bond donors (Lipinski definition) is 0. The summed E-state index contributed by atoms with van der Waals surface area (Å²) in [5.74, 6) is -3.49. The molecule has 0 amide bonds. The summed E-state index contributed by atoms with van der Waals surface area (Å²) in [6.07, 6.45) is -3.92. The number of rotatable bonds is 3. The Morgan fingerprint density at radius 2 is 0.672 bits per heavy atom. The molecule has 0 unspecified atom stereocenters. The van der Waals surface area contributed by atoms with Crippen LogP contribution in [0.4, 0.5) is 69.1 Å². The minimum Gasteiger partial charge on any atom is -0.304 e. The molecule has 0 radical (unpaired) electrons. The second kappa shape index (κ2) is 19.6. The molecule has 6 aromatic rings. The second-order valence-electron chi connectivity index (χ2n) is 15.3. The van der Waals surface area contributed by atoms with Crippen LogP contribution < -0.4 is 0 Å². The zero-order valence-electron chi connectivity index (χ0n) is 33.9. The van der Waals surface area contributed by atoms with Gasteiger partial charge in [0, 0.05) is 48.1 Å². The van der Waals surface area contributed by atoms with Crippen LogP contribution in [0.25, 0.3) is 33.9 Å². The topological polar surface area (TPSA) is 51.6 Å². The summed E-state index contributed by atoms with van der Waals surface area (Å²) in [5.41, 5.74) is 2.31. The molecule has 2 aromatic carbocycles. The van der Waals surface area contributed by atoms with Crippen LogP contribution in [0.3, 0.4) is 0 Å². The molecular weight excluding hydrogens is 1090 g/mol. The zero-order valence-corrected chi connectivity index (χ0v) is 37.1. The van der Waals surface area contributed by atoms with E-state index in [0.717, 1.165) is 47.8 Å². The molecule has 4 heterocycles. The van der Waals surface area contributed by atoms with E-state index in [-0.39, 0.29) is 53.5 Å². The Hall–Kier alpha value is -5.00. The number of halogens is 16. The van der Waals surface area contributed by atoms with E-state index in [0.29, 0.717) is 24.5 Å². The summed E-state index contributed by atoms with van der Waals surface area (Å²) in [6, 6.07) is 19.5. The molecular formula is C42H34F16IrN4P. The normalized spacial score (nSPS) is 13.0. The Morgan fingerprint density at radius 3 is 0.875 bits per heavy atom. The Labute approximate surface area is 369 Å². The quantitative estimate of drug-likeness (QED) is 0.101. The molecule has 0 aliphatic rings. The van der Waals surface area contributed by atoms with Gasteiger partial charge in [-0.05, 0) is 45.5 Å². The smallest absolute Gasteiger partial charge is 0.304 e. The molecule has 348 valence electrons. The third-order valence-corrected chi connectivity index (χ3v) is 7.93. The van der Waals surface area contributed by atoms with E-state index in [4.69, 9.17) is 0 Å². The van der Waals surface area contributed by atoms with Gasteiger partial charge < -0.3 is 9.97 Å². The van der Waals surface area contributed by atoms with Crippen LogP contribution >= 0.6 is 7.81 Å². The molecule has 0 saturated carbocycles. The Bertz CT molecular complexity index is 2280. The van der Waals surface area contributed by atoms with Crippen molar-refractivity contribution in [1.82, 2.24) is 19.9 Å². The summed E-state index contributed by atoms with van der Waals surface area (Å²) in [5, 5.41) is 0. The Balaban J connectivity index is 0.000000305. The summed E-state index contributed by atoms with van der Waals surface area (Å²) >= 11 is 0. The molecule has 4 nitrogen and oxygen atoms in total. The summed E-state index contributed by atoms with van der Waals surface area (Å²) in [6.45, 7) is 13.2. The predicted molar refractivity (Wildman–Crippen MR) is 205 cm³/mol. The van der Waals surface area contributed by atoms with Gasteiger partial charge in [-0.25, -0.2) is 0 Å². The van der Waals surface area contributed by atoms with Gasteiger partial charge in [0.15, 0.2) is 0 Å². The van der Waals surface area contributed by atoms with Crippen molar-refractivity contribution < 1.29 is 89.2 Å². The minimum atomic E-state index is -10.7. The molecule has 0 fully saturated rings. The van der Waals surface area contributed by atoms with E-state index >= 15 is 0 Å². The van der Waals surface area contributed by atoms with Gasteiger partial charge in [-0.3, -0.25) is 27.5 Å². The van der Waals surface area contributed by atoms with Crippen molar-refractivity contribution in [2.75, 3.05) is 0 Å². The summed E-state index contributed by atoms with van der Waals surface area (Å²) in [7, 11) is -10.7. The number of hydrogen-bond acceptors (Lipinski definition) is 4. The number of benzene rings is 2. The van der Waals surface area contributed by atoms with Crippen LogP contribution in [0, 0.1) is 35.4 Å². The van der Waals surface area contributed by atoms with Crippen molar-refractivity contribution in [2.45, 2.75) is 64.7 Å². The van der Waals surface area contributed by atoms with Crippen molar-refractivity contribution >= 4 is 7.81 Å². The van der Waals surface area contributed by atoms with Gasteiger partial charge in [0.05, 0.1) is 22.5 Å². The van der Waals surface area contributed by atoms with E-state index < -0.39 is 54.6 Å². The number of aromatic nitrogens is 4. The van der Waals surface area contributed by atoms with Gasteiger partial charge in [-0.1, -0.05) is 101 Å². The van der Waals surface area contributed by atoms with Gasteiger partial charge in [0.1, 0.15) is 0 Å². The van der Waals surface area contributed by atoms with Gasteiger partial charge in [0.2, 0.25) is 0 Å². The largest absolute Gasteiger partial charge is 3.00 e. The number of nitrogens with zero attached hydrogens (tertiary/aromatic N) is 4. The minimum absolute atomic E-state index is 0. The first-order chi connectivity index (χ1) is 28.4. The molecule has 6 rings (SSSR count). The van der Waals surface area contributed by atoms with E-state index in [1.54, 1.807) is 0 Å². The average molecular weight is 1120 g/mol. The Morgan fingerprint density at radius 1 is 0.422 bits per heavy atom. The molecule has 0 N–H and O–H groups in total. The average Bonchev–Trinajstić information content (AvgIpc) is 3.13. The van der Waals surface area contributed by atoms with Gasteiger partial charge in [0.25, 0.3) is 0 Å². The van der Waals surface area contributed by atoms with Crippen LogP contribution in [0.2, 0.25) is 0 Å². The zero-order chi connectivity index (χ0) is 48.0. The van der Waals surface area contributed by atoms with Crippen LogP contribution in [-0.2, 0) is 43.3 Å². The summed E-state index contributed by atoms with van der Waals surface area (Å²) in [4.78, 5) is 16.1. The molecule has 0 saturated heterocycles. The maximum absolute atomic E-state index is 13.3. The SMILES string of the molecule is CC(C)(C)c1ccc(-c2ccc(C(C)(C)C)cn2)nc1.F[P-](F)(F)(F)(F)F.Fc1c[c-]c(-c2ccc(C(F)(F)F)cn2)c(F)c1.Fc1c[c-]c(-c2ccc(C(F)(F)F)cn2)c(F)c1.[Ir+3].